The Labute approximate surface area is 163 Å². The molecule has 0 spiro atoms. The van der Waals surface area contributed by atoms with Crippen LogP contribution in [0.4, 0.5) is 4.39 Å². The molecule has 2 aromatic carbocycles. The Morgan fingerprint density at radius 2 is 1.93 bits per heavy atom. The van der Waals surface area contributed by atoms with E-state index in [2.05, 4.69) is 11.6 Å². The number of aryl methyl sites for hydroxylation is 1. The number of hydrogen-bond donors (Lipinski definition) is 0. The molecule has 3 aromatic rings. The molecule has 0 radical (unpaired) electrons. The maximum atomic E-state index is 14.4. The van der Waals surface area contributed by atoms with Gasteiger partial charge in [-0.15, -0.1) is 0 Å². The van der Waals surface area contributed by atoms with Crippen LogP contribution in [0.15, 0.2) is 73.4 Å². The molecule has 0 bridgehead atoms. The van der Waals surface area contributed by atoms with E-state index in [1.807, 2.05) is 19.1 Å². The first kappa shape index (κ1) is 19.3. The average molecular weight is 377 g/mol. The number of aromatic nitrogens is 1. The monoisotopic (exact) mass is 377 g/mol. The fraction of sp³-hybridized carbons (Fsp3) is 0.130. The highest BCUT2D eigenvalue weighted by Crippen LogP contribution is 2.25. The quantitative estimate of drug-likeness (QED) is 0.321. The molecule has 4 nitrogen and oxygen atoms in total. The van der Waals surface area contributed by atoms with E-state index in [0.717, 1.165) is 12.0 Å². The Balaban J connectivity index is 1.71. The summed E-state index contributed by atoms with van der Waals surface area (Å²) >= 11 is 0. The van der Waals surface area contributed by atoms with Crippen LogP contribution in [-0.2, 0) is 6.42 Å². The van der Waals surface area contributed by atoms with Gasteiger partial charge in [0, 0.05) is 11.8 Å². The van der Waals surface area contributed by atoms with Crippen molar-refractivity contribution in [3.63, 3.8) is 0 Å². The number of pyridine rings is 1. The van der Waals surface area contributed by atoms with Gasteiger partial charge in [0.2, 0.25) is 0 Å². The van der Waals surface area contributed by atoms with Crippen molar-refractivity contribution in [2.75, 3.05) is 6.61 Å². The fourth-order valence-corrected chi connectivity index (χ4v) is 2.55. The van der Waals surface area contributed by atoms with E-state index in [9.17, 15) is 9.18 Å². The lowest BCUT2D eigenvalue weighted by atomic mass is 10.1. The number of carbonyl (C=O) groups is 1. The van der Waals surface area contributed by atoms with Crippen LogP contribution in [0.3, 0.4) is 0 Å². The summed E-state index contributed by atoms with van der Waals surface area (Å²) in [5.74, 6) is -0.801. The molecule has 28 heavy (non-hydrogen) atoms. The van der Waals surface area contributed by atoms with Gasteiger partial charge in [0.15, 0.2) is 11.6 Å². The summed E-state index contributed by atoms with van der Waals surface area (Å²) in [5.41, 5.74) is 2.68. The first-order valence-electron chi connectivity index (χ1n) is 8.91. The van der Waals surface area contributed by atoms with Gasteiger partial charge in [0.1, 0.15) is 12.4 Å². The topological polar surface area (TPSA) is 48.4 Å². The minimum absolute atomic E-state index is 0.133. The second-order valence-electron chi connectivity index (χ2n) is 6.06. The van der Waals surface area contributed by atoms with E-state index in [1.54, 1.807) is 42.6 Å². The Morgan fingerprint density at radius 3 is 2.54 bits per heavy atom. The van der Waals surface area contributed by atoms with Crippen LogP contribution < -0.4 is 9.47 Å². The van der Waals surface area contributed by atoms with Gasteiger partial charge in [-0.2, -0.15) is 0 Å². The lowest BCUT2D eigenvalue weighted by Crippen LogP contribution is -2.09. The number of esters is 1. The van der Waals surface area contributed by atoms with Crippen molar-refractivity contribution in [2.24, 2.45) is 0 Å². The molecule has 5 heteroatoms. The minimum Gasteiger partial charge on any atom is -0.490 e. The number of ether oxygens (including phenoxy) is 2. The molecule has 3 rings (SSSR count). The Hall–Kier alpha value is -3.47. The van der Waals surface area contributed by atoms with Crippen molar-refractivity contribution in [3.8, 4) is 22.8 Å². The normalized spacial score (nSPS) is 10.4. The third kappa shape index (κ3) is 4.62. The molecule has 0 fully saturated rings. The lowest BCUT2D eigenvalue weighted by molar-refractivity contribution is 0.0728. The van der Waals surface area contributed by atoms with Crippen LogP contribution in [0.5, 0.6) is 11.5 Å². The van der Waals surface area contributed by atoms with Gasteiger partial charge in [0.25, 0.3) is 0 Å². The third-order valence-electron chi connectivity index (χ3n) is 4.12. The van der Waals surface area contributed by atoms with Crippen LogP contribution in [-0.4, -0.2) is 17.6 Å². The summed E-state index contributed by atoms with van der Waals surface area (Å²) in [7, 11) is 0. The van der Waals surface area contributed by atoms with Crippen molar-refractivity contribution >= 4 is 5.97 Å². The molecule has 1 aromatic heterocycles. The predicted molar refractivity (Wildman–Crippen MR) is 106 cm³/mol. The largest absolute Gasteiger partial charge is 0.490 e. The maximum absolute atomic E-state index is 14.4. The van der Waals surface area contributed by atoms with Crippen LogP contribution in [0.25, 0.3) is 11.3 Å². The first-order chi connectivity index (χ1) is 13.6. The highest BCUT2D eigenvalue weighted by molar-refractivity contribution is 5.91. The highest BCUT2D eigenvalue weighted by Gasteiger charge is 2.13. The Bertz CT molecular complexity index is 966. The predicted octanol–water partition coefficient (Wildman–Crippen LogP) is 5.23. The van der Waals surface area contributed by atoms with Crippen molar-refractivity contribution in [2.45, 2.75) is 13.3 Å². The summed E-state index contributed by atoms with van der Waals surface area (Å²) in [4.78, 5) is 16.6. The summed E-state index contributed by atoms with van der Waals surface area (Å²) < 4.78 is 25.0. The minimum atomic E-state index is -0.646. The van der Waals surface area contributed by atoms with Crippen LogP contribution in [0.2, 0.25) is 0 Å². The van der Waals surface area contributed by atoms with Crippen LogP contribution >= 0.6 is 0 Å². The molecule has 0 aliphatic carbocycles. The zero-order valence-corrected chi connectivity index (χ0v) is 15.5. The van der Waals surface area contributed by atoms with Gasteiger partial charge in [-0.25, -0.2) is 9.18 Å². The number of hydrogen-bond acceptors (Lipinski definition) is 4. The Morgan fingerprint density at radius 1 is 1.14 bits per heavy atom. The molecular weight excluding hydrogens is 357 g/mol. The SMILES string of the molecule is C=CCOc1ccc(C(=O)Oc2ccc(-c3ccc(CC)cn3)cc2F)cc1. The van der Waals surface area contributed by atoms with Gasteiger partial charge in [-0.1, -0.05) is 25.6 Å². The summed E-state index contributed by atoms with van der Waals surface area (Å²) in [6.07, 6.45) is 4.28. The first-order valence-corrected chi connectivity index (χ1v) is 8.91. The maximum Gasteiger partial charge on any atom is 0.343 e. The summed E-state index contributed by atoms with van der Waals surface area (Å²) in [6.45, 7) is 5.99. The van der Waals surface area contributed by atoms with E-state index in [4.69, 9.17) is 9.47 Å². The third-order valence-corrected chi connectivity index (χ3v) is 4.12. The molecule has 0 aliphatic rings. The molecule has 0 aliphatic heterocycles. The molecule has 0 unspecified atom stereocenters. The zero-order valence-electron chi connectivity index (χ0n) is 15.5. The second-order valence-corrected chi connectivity index (χ2v) is 6.06. The van der Waals surface area contributed by atoms with E-state index in [0.29, 0.717) is 29.2 Å². The fourth-order valence-electron chi connectivity index (χ4n) is 2.55. The van der Waals surface area contributed by atoms with Gasteiger partial charge >= 0.3 is 5.97 Å². The van der Waals surface area contributed by atoms with E-state index >= 15 is 0 Å². The summed E-state index contributed by atoms with van der Waals surface area (Å²) in [5, 5.41) is 0. The number of halogens is 1. The molecule has 1 heterocycles. The van der Waals surface area contributed by atoms with E-state index in [-0.39, 0.29) is 5.75 Å². The standard InChI is InChI=1S/C23H20FNO3/c1-3-13-27-19-9-6-17(7-10-19)23(26)28-22-12-8-18(14-20(22)24)21-11-5-16(4-2)15-25-21/h3,5-12,14-15H,1,4,13H2,2H3. The number of rotatable bonds is 7. The highest BCUT2D eigenvalue weighted by atomic mass is 19.1. The molecule has 0 atom stereocenters. The summed E-state index contributed by atoms with van der Waals surface area (Å²) in [6, 6.07) is 14.6. The van der Waals surface area contributed by atoms with Crippen molar-refractivity contribution < 1.29 is 18.7 Å². The smallest absolute Gasteiger partial charge is 0.343 e. The van der Waals surface area contributed by atoms with E-state index in [1.165, 1.54) is 12.1 Å². The average Bonchev–Trinajstić information content (AvgIpc) is 2.74. The van der Waals surface area contributed by atoms with Gasteiger partial charge < -0.3 is 9.47 Å². The molecule has 0 amide bonds. The molecule has 0 saturated carbocycles. The van der Waals surface area contributed by atoms with Crippen LogP contribution in [0, 0.1) is 5.82 Å². The lowest BCUT2D eigenvalue weighted by Gasteiger charge is -2.08. The number of benzene rings is 2. The van der Waals surface area contributed by atoms with Gasteiger partial charge in [0.05, 0.1) is 11.3 Å². The zero-order chi connectivity index (χ0) is 19.9. The number of carbonyl (C=O) groups excluding carboxylic acids is 1. The molecule has 142 valence electrons. The molecule has 0 saturated heterocycles. The van der Waals surface area contributed by atoms with Crippen molar-refractivity contribution in [3.05, 3.63) is 90.4 Å². The Kier molecular flexibility index (Phi) is 6.17. The van der Waals surface area contributed by atoms with Gasteiger partial charge in [-0.3, -0.25) is 4.98 Å². The van der Waals surface area contributed by atoms with E-state index < -0.39 is 11.8 Å². The van der Waals surface area contributed by atoms with Crippen molar-refractivity contribution in [1.29, 1.82) is 0 Å². The molecule has 0 N–H and O–H groups in total. The number of nitrogens with zero attached hydrogens (tertiary/aromatic N) is 1. The molecular formula is C23H20FNO3. The second kappa shape index (κ2) is 8.95. The van der Waals surface area contributed by atoms with Crippen molar-refractivity contribution in [1.82, 2.24) is 4.98 Å². The van der Waals surface area contributed by atoms with Crippen LogP contribution in [0.1, 0.15) is 22.8 Å². The van der Waals surface area contributed by atoms with Gasteiger partial charge in [-0.05, 0) is 60.5 Å².